The molecule has 0 aliphatic carbocycles. The van der Waals surface area contributed by atoms with E-state index in [0.717, 1.165) is 28.8 Å². The third-order valence-corrected chi connectivity index (χ3v) is 12.2. The number of aliphatic hydroxyl groups is 1. The number of carbonyl (C=O) groups is 3. The van der Waals surface area contributed by atoms with Gasteiger partial charge in [0.25, 0.3) is 5.91 Å². The summed E-state index contributed by atoms with van der Waals surface area (Å²) in [5, 5.41) is 10.7. The van der Waals surface area contributed by atoms with E-state index in [1.165, 1.54) is 0 Å². The molecule has 3 aliphatic heterocycles. The summed E-state index contributed by atoms with van der Waals surface area (Å²) in [6, 6.07) is 14.5. The number of carbonyl (C=O) groups excluding carboxylic acids is 3. The molecule has 2 aromatic carbocycles. The van der Waals surface area contributed by atoms with E-state index in [1.54, 1.807) is 38.6 Å². The molecule has 1 spiro atoms. The summed E-state index contributed by atoms with van der Waals surface area (Å²) < 4.78 is -1.30. The number of thioether (sulfide) groups is 1. The smallest absolute Gasteiger partial charge is 0.251 e. The first kappa shape index (κ1) is 34.0. The van der Waals surface area contributed by atoms with Gasteiger partial charge in [0, 0.05) is 30.1 Å². The molecule has 7 nitrogen and oxygen atoms in total. The zero-order chi connectivity index (χ0) is 33.4. The van der Waals surface area contributed by atoms with Crippen LogP contribution in [-0.2, 0) is 20.9 Å². The summed E-state index contributed by atoms with van der Waals surface area (Å²) in [5.41, 5.74) is 3.78. The van der Waals surface area contributed by atoms with Gasteiger partial charge in [0.2, 0.25) is 11.8 Å². The summed E-state index contributed by atoms with van der Waals surface area (Å²) in [6.07, 6.45) is 5.38. The van der Waals surface area contributed by atoms with E-state index in [2.05, 4.69) is 33.9 Å². The van der Waals surface area contributed by atoms with Crippen LogP contribution < -0.4 is 4.90 Å². The first-order valence-electron chi connectivity index (χ1n) is 16.5. The summed E-state index contributed by atoms with van der Waals surface area (Å²) in [5.74, 6) is -1.53. The highest BCUT2D eigenvalue weighted by Gasteiger charge is 2.78. The average molecular weight is 644 g/mol. The zero-order valence-corrected chi connectivity index (χ0v) is 28.8. The minimum Gasteiger partial charge on any atom is -0.394 e. The Kier molecular flexibility index (Phi) is 9.90. The van der Waals surface area contributed by atoms with Crippen molar-refractivity contribution in [3.05, 3.63) is 90.5 Å². The lowest BCUT2D eigenvalue weighted by Gasteiger charge is -2.40. The van der Waals surface area contributed by atoms with Gasteiger partial charge in [-0.15, -0.1) is 24.9 Å². The van der Waals surface area contributed by atoms with Crippen LogP contribution in [0.2, 0.25) is 0 Å². The van der Waals surface area contributed by atoms with Crippen LogP contribution in [0.5, 0.6) is 0 Å². The molecule has 46 heavy (non-hydrogen) atoms. The van der Waals surface area contributed by atoms with E-state index >= 15 is 4.79 Å². The molecule has 246 valence electrons. The van der Waals surface area contributed by atoms with Crippen LogP contribution in [0.4, 0.5) is 5.69 Å². The van der Waals surface area contributed by atoms with Crippen LogP contribution in [-0.4, -0.2) is 73.9 Å². The molecular formula is C38H49N3O4S. The summed E-state index contributed by atoms with van der Waals surface area (Å²) in [7, 11) is 0. The normalized spacial score (nSPS) is 27.1. The number of fused-ring (bicyclic) bond motifs is 1. The van der Waals surface area contributed by atoms with Crippen LogP contribution in [0.25, 0.3) is 0 Å². The molecule has 6 atom stereocenters. The Balaban J connectivity index is 1.62. The third-order valence-electron chi connectivity index (χ3n) is 10.2. The molecule has 3 aliphatic rings. The zero-order valence-electron chi connectivity index (χ0n) is 27.9. The van der Waals surface area contributed by atoms with Gasteiger partial charge >= 0.3 is 0 Å². The Bertz CT molecular complexity index is 1490. The Morgan fingerprint density at radius 2 is 1.76 bits per heavy atom. The predicted molar refractivity (Wildman–Crippen MR) is 186 cm³/mol. The molecular weight excluding hydrogens is 595 g/mol. The number of hydrogen-bond acceptors (Lipinski definition) is 5. The molecule has 3 amide bonds. The van der Waals surface area contributed by atoms with Gasteiger partial charge in [-0.25, -0.2) is 0 Å². The van der Waals surface area contributed by atoms with Gasteiger partial charge in [-0.1, -0.05) is 68.5 Å². The fourth-order valence-electron chi connectivity index (χ4n) is 8.22. The predicted octanol–water partition coefficient (Wildman–Crippen LogP) is 5.93. The molecule has 2 unspecified atom stereocenters. The average Bonchev–Trinajstić information content (AvgIpc) is 3.60. The highest BCUT2D eigenvalue weighted by molar-refractivity contribution is 8.02. The number of hydrogen-bond donors (Lipinski definition) is 1. The minimum absolute atomic E-state index is 0.0754. The van der Waals surface area contributed by atoms with Gasteiger partial charge in [0.15, 0.2) is 0 Å². The second-order valence-electron chi connectivity index (χ2n) is 14.0. The number of likely N-dealkylation sites (tertiary alicyclic amines) is 1. The Labute approximate surface area is 278 Å². The molecule has 2 bridgehead atoms. The fraction of sp³-hybridized carbons (Fsp3) is 0.500. The molecule has 3 fully saturated rings. The number of nitrogens with zero attached hydrogens (tertiary/aromatic N) is 3. The first-order chi connectivity index (χ1) is 21.9. The van der Waals surface area contributed by atoms with Crippen molar-refractivity contribution in [2.45, 2.75) is 82.0 Å². The molecule has 8 heteroatoms. The second kappa shape index (κ2) is 13.4. The van der Waals surface area contributed by atoms with Crippen molar-refractivity contribution in [2.75, 3.05) is 24.6 Å². The van der Waals surface area contributed by atoms with Crippen LogP contribution in [0.3, 0.4) is 0 Å². The standard InChI is InChI=1S/C38H49N3O4S/c1-8-19-39(23-28-13-11-10-12-14-28)34(43)31-32-35(44)41(29(24-42)21-25(3)4)33(38(32)18-17-37(31,7)46-38)36(45)40(20-9-2)30-22-26(5)15-16-27(30)6/h8-16,22,25,29,31-33,42H,1-2,17-21,23-24H2,3-7H3/t29-,31+,32+,33?,37-,38?/m1/s1. The van der Waals surface area contributed by atoms with E-state index in [-0.39, 0.29) is 36.8 Å². The van der Waals surface area contributed by atoms with E-state index < -0.39 is 33.4 Å². The molecule has 5 rings (SSSR count). The van der Waals surface area contributed by atoms with Crippen molar-refractivity contribution in [1.82, 2.24) is 9.80 Å². The maximum atomic E-state index is 15.1. The molecule has 3 saturated heterocycles. The van der Waals surface area contributed by atoms with Gasteiger partial charge in [0.05, 0.1) is 29.2 Å². The molecule has 2 aromatic rings. The Hall–Kier alpha value is -3.36. The first-order valence-corrected chi connectivity index (χ1v) is 17.3. The summed E-state index contributed by atoms with van der Waals surface area (Å²) in [4.78, 5) is 50.0. The van der Waals surface area contributed by atoms with Crippen LogP contribution in [0.15, 0.2) is 73.8 Å². The van der Waals surface area contributed by atoms with E-state index in [0.29, 0.717) is 25.9 Å². The van der Waals surface area contributed by atoms with Crippen molar-refractivity contribution in [1.29, 1.82) is 0 Å². The monoisotopic (exact) mass is 643 g/mol. The maximum Gasteiger partial charge on any atom is 0.251 e. The fourth-order valence-corrected chi connectivity index (χ4v) is 10.5. The number of aryl methyl sites for hydroxylation is 2. The van der Waals surface area contributed by atoms with Crippen molar-refractivity contribution in [3.8, 4) is 0 Å². The number of benzene rings is 2. The topological polar surface area (TPSA) is 81.2 Å². The lowest BCUT2D eigenvalue weighted by atomic mass is 9.66. The quantitative estimate of drug-likeness (QED) is 0.274. The third kappa shape index (κ3) is 5.83. The summed E-state index contributed by atoms with van der Waals surface area (Å²) >= 11 is 1.67. The van der Waals surface area contributed by atoms with Crippen molar-refractivity contribution in [2.24, 2.45) is 17.8 Å². The molecule has 0 aromatic heterocycles. The Morgan fingerprint density at radius 1 is 1.07 bits per heavy atom. The lowest BCUT2D eigenvalue weighted by Crippen LogP contribution is -2.58. The van der Waals surface area contributed by atoms with E-state index in [9.17, 15) is 14.7 Å². The molecule has 0 saturated carbocycles. The van der Waals surface area contributed by atoms with Gasteiger partial charge < -0.3 is 19.8 Å². The van der Waals surface area contributed by atoms with Gasteiger partial charge in [0.1, 0.15) is 6.04 Å². The van der Waals surface area contributed by atoms with Crippen LogP contribution in [0, 0.1) is 31.6 Å². The van der Waals surface area contributed by atoms with Crippen molar-refractivity contribution < 1.29 is 19.5 Å². The van der Waals surface area contributed by atoms with Gasteiger partial charge in [-0.3, -0.25) is 14.4 Å². The van der Waals surface area contributed by atoms with E-state index in [4.69, 9.17) is 0 Å². The van der Waals surface area contributed by atoms with Gasteiger partial charge in [-0.05, 0) is 68.7 Å². The molecule has 0 radical (unpaired) electrons. The number of amides is 3. The Morgan fingerprint density at radius 3 is 2.39 bits per heavy atom. The summed E-state index contributed by atoms with van der Waals surface area (Å²) in [6.45, 7) is 18.9. The highest BCUT2D eigenvalue weighted by atomic mass is 32.2. The number of aliphatic hydroxyl groups excluding tert-OH is 1. The van der Waals surface area contributed by atoms with E-state index in [1.807, 2.05) is 62.4 Å². The largest absolute Gasteiger partial charge is 0.394 e. The number of anilines is 1. The second-order valence-corrected chi connectivity index (χ2v) is 15.9. The van der Waals surface area contributed by atoms with Crippen LogP contribution >= 0.6 is 11.8 Å². The van der Waals surface area contributed by atoms with Gasteiger partial charge in [-0.2, -0.15) is 0 Å². The highest BCUT2D eigenvalue weighted by Crippen LogP contribution is 2.72. The lowest BCUT2D eigenvalue weighted by molar-refractivity contribution is -0.147. The van der Waals surface area contributed by atoms with Crippen LogP contribution in [0.1, 0.15) is 56.7 Å². The van der Waals surface area contributed by atoms with Crippen molar-refractivity contribution in [3.63, 3.8) is 0 Å². The molecule has 1 N–H and O–H groups in total. The maximum absolute atomic E-state index is 15.1. The molecule has 3 heterocycles. The number of rotatable bonds is 13. The minimum atomic E-state index is -0.827. The SMILES string of the molecule is C=CCN(Cc1ccccc1)C(=O)[C@@H]1[C@H]2C(=O)N([C@@H](CO)CC(C)C)C(C(=O)N(CC=C)c3cc(C)ccc3C)C23CC[C@@]1(C)S3. The van der Waals surface area contributed by atoms with Crippen molar-refractivity contribution >= 4 is 35.2 Å².